The highest BCUT2D eigenvalue weighted by molar-refractivity contribution is 7.98. The Hall–Kier alpha value is -0.780. The van der Waals surface area contributed by atoms with Crippen molar-refractivity contribution >= 4 is 17.7 Å². The Morgan fingerprint density at radius 1 is 1.38 bits per heavy atom. The topological polar surface area (TPSA) is 69.6 Å². The van der Waals surface area contributed by atoms with Crippen molar-refractivity contribution in [3.63, 3.8) is 0 Å². The van der Waals surface area contributed by atoms with E-state index in [0.717, 1.165) is 13.0 Å². The first-order valence-electron chi connectivity index (χ1n) is 4.35. The van der Waals surface area contributed by atoms with Crippen LogP contribution in [0.2, 0.25) is 0 Å². The average Bonchev–Trinajstić information content (AvgIpc) is 2.52. The molecule has 1 aromatic heterocycles. The molecule has 0 bridgehead atoms. The SMILES string of the molecule is CSCCCCCn1nnnc1N. The fourth-order valence-corrected chi connectivity index (χ4v) is 1.55. The minimum Gasteiger partial charge on any atom is -0.367 e. The average molecular weight is 201 g/mol. The number of tetrazole rings is 1. The lowest BCUT2D eigenvalue weighted by atomic mass is 10.2. The van der Waals surface area contributed by atoms with Crippen LogP contribution in [-0.4, -0.2) is 32.2 Å². The molecule has 1 aromatic rings. The van der Waals surface area contributed by atoms with E-state index in [1.165, 1.54) is 18.6 Å². The van der Waals surface area contributed by atoms with Gasteiger partial charge in [-0.3, -0.25) is 0 Å². The maximum Gasteiger partial charge on any atom is 0.240 e. The molecular weight excluding hydrogens is 186 g/mol. The van der Waals surface area contributed by atoms with E-state index in [1.807, 2.05) is 11.8 Å². The molecule has 0 fully saturated rings. The second kappa shape index (κ2) is 5.80. The monoisotopic (exact) mass is 201 g/mol. The first-order valence-corrected chi connectivity index (χ1v) is 5.74. The Kier molecular flexibility index (Phi) is 4.59. The van der Waals surface area contributed by atoms with Crippen LogP contribution in [-0.2, 0) is 6.54 Å². The molecule has 0 aliphatic rings. The molecular formula is C7H15N5S. The van der Waals surface area contributed by atoms with Crippen molar-refractivity contribution < 1.29 is 0 Å². The van der Waals surface area contributed by atoms with Gasteiger partial charge in [-0.15, -0.1) is 0 Å². The van der Waals surface area contributed by atoms with Crippen LogP contribution in [0.15, 0.2) is 0 Å². The van der Waals surface area contributed by atoms with Crippen LogP contribution >= 0.6 is 11.8 Å². The van der Waals surface area contributed by atoms with Gasteiger partial charge in [-0.05, 0) is 35.3 Å². The Balaban J connectivity index is 2.10. The Bertz CT molecular complexity index is 237. The highest BCUT2D eigenvalue weighted by atomic mass is 32.2. The van der Waals surface area contributed by atoms with Crippen molar-refractivity contribution in [3.05, 3.63) is 0 Å². The van der Waals surface area contributed by atoms with Gasteiger partial charge in [0.2, 0.25) is 5.95 Å². The molecule has 0 aliphatic heterocycles. The second-order valence-electron chi connectivity index (χ2n) is 2.81. The van der Waals surface area contributed by atoms with Gasteiger partial charge in [0.15, 0.2) is 0 Å². The van der Waals surface area contributed by atoms with Gasteiger partial charge >= 0.3 is 0 Å². The smallest absolute Gasteiger partial charge is 0.240 e. The largest absolute Gasteiger partial charge is 0.367 e. The fraction of sp³-hybridized carbons (Fsp3) is 0.857. The third kappa shape index (κ3) is 3.63. The predicted molar refractivity (Wildman–Crippen MR) is 54.5 cm³/mol. The predicted octanol–water partition coefficient (Wildman–Crippen LogP) is 0.789. The minimum absolute atomic E-state index is 0.407. The molecule has 13 heavy (non-hydrogen) atoms. The molecule has 6 heteroatoms. The van der Waals surface area contributed by atoms with E-state index in [9.17, 15) is 0 Å². The number of unbranched alkanes of at least 4 members (excludes halogenated alkanes) is 2. The van der Waals surface area contributed by atoms with E-state index in [0.29, 0.717) is 5.95 Å². The van der Waals surface area contributed by atoms with Gasteiger partial charge in [0, 0.05) is 6.54 Å². The van der Waals surface area contributed by atoms with E-state index in [2.05, 4.69) is 21.8 Å². The van der Waals surface area contributed by atoms with Crippen LogP contribution in [0.1, 0.15) is 19.3 Å². The van der Waals surface area contributed by atoms with Gasteiger partial charge in [0.1, 0.15) is 0 Å². The minimum atomic E-state index is 0.407. The van der Waals surface area contributed by atoms with Gasteiger partial charge < -0.3 is 5.73 Å². The maximum atomic E-state index is 5.50. The van der Waals surface area contributed by atoms with Gasteiger partial charge in [0.05, 0.1) is 0 Å². The number of aromatic nitrogens is 4. The van der Waals surface area contributed by atoms with Crippen LogP contribution in [0.25, 0.3) is 0 Å². The van der Waals surface area contributed by atoms with Gasteiger partial charge in [-0.1, -0.05) is 11.5 Å². The molecule has 0 aliphatic carbocycles. The quantitative estimate of drug-likeness (QED) is 0.689. The van der Waals surface area contributed by atoms with Gasteiger partial charge in [-0.2, -0.15) is 11.8 Å². The summed E-state index contributed by atoms with van der Waals surface area (Å²) in [7, 11) is 0. The number of anilines is 1. The lowest BCUT2D eigenvalue weighted by molar-refractivity contribution is 0.544. The molecule has 0 radical (unpaired) electrons. The first kappa shape index (κ1) is 10.3. The van der Waals surface area contributed by atoms with Crippen molar-refractivity contribution in [1.82, 2.24) is 20.2 Å². The Morgan fingerprint density at radius 3 is 2.85 bits per heavy atom. The molecule has 0 amide bonds. The summed E-state index contributed by atoms with van der Waals surface area (Å²) in [5.41, 5.74) is 5.50. The van der Waals surface area contributed by atoms with E-state index < -0.39 is 0 Å². The summed E-state index contributed by atoms with van der Waals surface area (Å²) >= 11 is 1.88. The number of aryl methyl sites for hydroxylation is 1. The summed E-state index contributed by atoms with van der Waals surface area (Å²) in [6.45, 7) is 0.827. The van der Waals surface area contributed by atoms with Gasteiger partial charge in [0.25, 0.3) is 0 Å². The molecule has 0 saturated heterocycles. The normalized spacial score (nSPS) is 10.5. The van der Waals surface area contributed by atoms with Crippen LogP contribution < -0.4 is 5.73 Å². The zero-order chi connectivity index (χ0) is 9.52. The Labute approximate surface area is 82.1 Å². The number of nitrogens with zero attached hydrogens (tertiary/aromatic N) is 4. The highest BCUT2D eigenvalue weighted by Crippen LogP contribution is 2.04. The van der Waals surface area contributed by atoms with Crippen LogP contribution in [0.3, 0.4) is 0 Å². The fourth-order valence-electron chi connectivity index (χ4n) is 1.06. The number of rotatable bonds is 6. The molecule has 0 aromatic carbocycles. The number of hydrogen-bond acceptors (Lipinski definition) is 5. The zero-order valence-electron chi connectivity index (χ0n) is 7.81. The zero-order valence-corrected chi connectivity index (χ0v) is 8.63. The molecule has 2 N–H and O–H groups in total. The van der Waals surface area contributed by atoms with Crippen molar-refractivity contribution in [2.75, 3.05) is 17.7 Å². The van der Waals surface area contributed by atoms with Crippen molar-refractivity contribution in [2.45, 2.75) is 25.8 Å². The Morgan fingerprint density at radius 2 is 2.23 bits per heavy atom. The van der Waals surface area contributed by atoms with E-state index in [4.69, 9.17) is 5.73 Å². The van der Waals surface area contributed by atoms with E-state index in [-0.39, 0.29) is 0 Å². The molecule has 74 valence electrons. The van der Waals surface area contributed by atoms with E-state index >= 15 is 0 Å². The summed E-state index contributed by atoms with van der Waals surface area (Å²) in [6.07, 6.45) is 5.68. The lowest BCUT2D eigenvalue weighted by Gasteiger charge is -2.00. The standard InChI is InChI=1S/C7H15N5S/c1-13-6-4-2-3-5-12-7(8)9-10-11-12/h2-6H2,1H3,(H2,8,9,11). The summed E-state index contributed by atoms with van der Waals surface area (Å²) < 4.78 is 1.64. The first-order chi connectivity index (χ1) is 6.34. The summed E-state index contributed by atoms with van der Waals surface area (Å²) in [6, 6.07) is 0. The molecule has 1 rings (SSSR count). The number of nitrogen functional groups attached to an aromatic ring is 1. The van der Waals surface area contributed by atoms with Crippen molar-refractivity contribution in [2.24, 2.45) is 0 Å². The van der Waals surface area contributed by atoms with Crippen LogP contribution in [0, 0.1) is 0 Å². The third-order valence-corrected chi connectivity index (χ3v) is 2.47. The van der Waals surface area contributed by atoms with Crippen molar-refractivity contribution in [1.29, 1.82) is 0 Å². The maximum absolute atomic E-state index is 5.50. The summed E-state index contributed by atoms with van der Waals surface area (Å²) in [4.78, 5) is 0. The molecule has 0 saturated carbocycles. The number of thioether (sulfide) groups is 1. The molecule has 0 spiro atoms. The number of hydrogen-bond donors (Lipinski definition) is 1. The molecule has 0 unspecified atom stereocenters. The van der Waals surface area contributed by atoms with Crippen LogP contribution in [0.5, 0.6) is 0 Å². The molecule has 1 heterocycles. The summed E-state index contributed by atoms with van der Waals surface area (Å²) in [5.74, 6) is 1.63. The lowest BCUT2D eigenvalue weighted by Crippen LogP contribution is -2.05. The molecule has 5 nitrogen and oxygen atoms in total. The third-order valence-electron chi connectivity index (χ3n) is 1.78. The number of nitrogens with two attached hydrogens (primary N) is 1. The summed E-state index contributed by atoms with van der Waals surface area (Å²) in [5, 5.41) is 10.8. The van der Waals surface area contributed by atoms with Gasteiger partial charge in [-0.25, -0.2) is 4.68 Å². The van der Waals surface area contributed by atoms with Crippen LogP contribution in [0.4, 0.5) is 5.95 Å². The highest BCUT2D eigenvalue weighted by Gasteiger charge is 1.99. The van der Waals surface area contributed by atoms with E-state index in [1.54, 1.807) is 4.68 Å². The van der Waals surface area contributed by atoms with Crippen molar-refractivity contribution in [3.8, 4) is 0 Å². The second-order valence-corrected chi connectivity index (χ2v) is 3.80. The molecule has 0 atom stereocenters.